The van der Waals surface area contributed by atoms with Gasteiger partial charge in [0.1, 0.15) is 0 Å². The van der Waals surface area contributed by atoms with Crippen LogP contribution >= 0.6 is 25.3 Å². The summed E-state index contributed by atoms with van der Waals surface area (Å²) >= 11 is 7.61. The van der Waals surface area contributed by atoms with Crippen molar-refractivity contribution in [3.05, 3.63) is 0 Å². The van der Waals surface area contributed by atoms with Crippen LogP contribution in [0, 0.1) is 0 Å². The fourth-order valence-corrected chi connectivity index (χ4v) is 0.212. The fourth-order valence-electron chi connectivity index (χ4n) is 0.0707. The first kappa shape index (κ1) is 13.2. The summed E-state index contributed by atoms with van der Waals surface area (Å²) in [7, 11) is 0. The Morgan fingerprint density at radius 1 is 1.40 bits per heavy atom. The average molecular weight is 184 g/mol. The summed E-state index contributed by atoms with van der Waals surface area (Å²) in [5.74, 6) is 1.34. The van der Waals surface area contributed by atoms with E-state index in [2.05, 4.69) is 25.3 Å². The van der Waals surface area contributed by atoms with E-state index >= 15 is 0 Å². The van der Waals surface area contributed by atoms with Crippen molar-refractivity contribution in [3.8, 4) is 0 Å². The van der Waals surface area contributed by atoms with E-state index in [0.717, 1.165) is 12.2 Å². The Morgan fingerprint density at radius 3 is 1.80 bits per heavy atom. The third-order valence-corrected chi connectivity index (χ3v) is 1.43. The first-order chi connectivity index (χ1) is 4.68. The molecule has 0 spiro atoms. The van der Waals surface area contributed by atoms with Crippen molar-refractivity contribution >= 4 is 25.3 Å². The van der Waals surface area contributed by atoms with Crippen LogP contribution in [-0.2, 0) is 0 Å². The van der Waals surface area contributed by atoms with E-state index in [0.29, 0.717) is 5.75 Å². The largest absolute Gasteiger partial charge is 0.396 e. The van der Waals surface area contributed by atoms with E-state index in [4.69, 9.17) is 10.2 Å². The zero-order valence-corrected chi connectivity index (χ0v) is 7.98. The molecule has 1 unspecified atom stereocenters. The molecule has 0 aromatic carbocycles. The Hall–Kier alpha value is 0.620. The van der Waals surface area contributed by atoms with Gasteiger partial charge in [-0.3, -0.25) is 0 Å². The van der Waals surface area contributed by atoms with Crippen molar-refractivity contribution in [2.45, 2.75) is 19.4 Å². The van der Waals surface area contributed by atoms with Crippen LogP contribution in [0.5, 0.6) is 0 Å². The number of thiol groups is 2. The Bertz CT molecular complexity index is 49.0. The van der Waals surface area contributed by atoms with Gasteiger partial charge in [0.15, 0.2) is 0 Å². The molecule has 2 nitrogen and oxygen atoms in total. The highest BCUT2D eigenvalue weighted by Crippen LogP contribution is 1.79. The minimum atomic E-state index is -0.252. The normalized spacial score (nSPS) is 11.7. The predicted molar refractivity (Wildman–Crippen MR) is 51.1 cm³/mol. The van der Waals surface area contributed by atoms with E-state index in [9.17, 15) is 0 Å². The van der Waals surface area contributed by atoms with Gasteiger partial charge in [-0.15, -0.1) is 0 Å². The molecule has 0 amide bonds. The standard InChI is InChI=1S/2C3H8OS/c1-3(4)2-5;4-2-1-3-5/h3-5H,2H2,1H3;4-5H,1-3H2. The van der Waals surface area contributed by atoms with Crippen molar-refractivity contribution in [2.75, 3.05) is 18.1 Å². The number of hydrogen-bond acceptors (Lipinski definition) is 4. The topological polar surface area (TPSA) is 40.5 Å². The average Bonchev–Trinajstić information content (AvgIpc) is 1.91. The van der Waals surface area contributed by atoms with Gasteiger partial charge in [-0.1, -0.05) is 0 Å². The molecule has 0 aliphatic heterocycles. The van der Waals surface area contributed by atoms with Gasteiger partial charge in [0.2, 0.25) is 0 Å². The smallest absolute Gasteiger partial charge is 0.0599 e. The molecule has 0 heterocycles. The van der Waals surface area contributed by atoms with Crippen molar-refractivity contribution in [1.29, 1.82) is 0 Å². The van der Waals surface area contributed by atoms with E-state index < -0.39 is 0 Å². The van der Waals surface area contributed by atoms with Gasteiger partial charge in [0, 0.05) is 12.4 Å². The Kier molecular flexibility index (Phi) is 16.3. The number of rotatable bonds is 3. The number of hydrogen-bond donors (Lipinski definition) is 4. The second-order valence-corrected chi connectivity index (χ2v) is 2.64. The van der Waals surface area contributed by atoms with Crippen molar-refractivity contribution in [1.82, 2.24) is 0 Å². The molecule has 1 atom stereocenters. The molecule has 0 saturated carbocycles. The Balaban J connectivity index is 0. The van der Waals surface area contributed by atoms with Gasteiger partial charge in [-0.2, -0.15) is 25.3 Å². The fraction of sp³-hybridized carbons (Fsp3) is 1.00. The van der Waals surface area contributed by atoms with Gasteiger partial charge >= 0.3 is 0 Å². The highest BCUT2D eigenvalue weighted by molar-refractivity contribution is 7.80. The molecule has 0 aromatic rings. The lowest BCUT2D eigenvalue weighted by atomic mass is 10.5. The van der Waals surface area contributed by atoms with Gasteiger partial charge < -0.3 is 10.2 Å². The lowest BCUT2D eigenvalue weighted by Crippen LogP contribution is -1.98. The maximum absolute atomic E-state index is 8.28. The molecule has 0 radical (unpaired) electrons. The molecule has 0 bridgehead atoms. The van der Waals surface area contributed by atoms with Crippen LogP contribution in [0.4, 0.5) is 0 Å². The summed E-state index contributed by atoms with van der Waals surface area (Å²) in [6, 6.07) is 0. The minimum absolute atomic E-state index is 0.252. The molecule has 2 N–H and O–H groups in total. The Morgan fingerprint density at radius 2 is 1.80 bits per heavy atom. The summed E-state index contributed by atoms with van der Waals surface area (Å²) in [5, 5.41) is 16.3. The van der Waals surface area contributed by atoms with Gasteiger partial charge in [-0.25, -0.2) is 0 Å². The van der Waals surface area contributed by atoms with Crippen LogP contribution in [0.25, 0.3) is 0 Å². The van der Waals surface area contributed by atoms with E-state index in [1.54, 1.807) is 6.92 Å². The van der Waals surface area contributed by atoms with Crippen molar-refractivity contribution < 1.29 is 10.2 Å². The monoisotopic (exact) mass is 184 g/mol. The van der Waals surface area contributed by atoms with Gasteiger partial charge in [-0.05, 0) is 19.1 Å². The van der Waals surface area contributed by atoms with Gasteiger partial charge in [0.05, 0.1) is 6.10 Å². The highest BCUT2D eigenvalue weighted by atomic mass is 32.1. The molecular weight excluding hydrogens is 168 g/mol. The number of aliphatic hydroxyl groups excluding tert-OH is 2. The van der Waals surface area contributed by atoms with Crippen molar-refractivity contribution in [2.24, 2.45) is 0 Å². The quantitative estimate of drug-likeness (QED) is 0.485. The zero-order chi connectivity index (χ0) is 8.41. The SMILES string of the molecule is CC(O)CS.OCCCS. The van der Waals surface area contributed by atoms with E-state index in [1.165, 1.54) is 0 Å². The van der Waals surface area contributed by atoms with Crippen molar-refractivity contribution in [3.63, 3.8) is 0 Å². The second kappa shape index (κ2) is 12.3. The van der Waals surface area contributed by atoms with Crippen LogP contribution in [0.3, 0.4) is 0 Å². The summed E-state index contributed by atoms with van der Waals surface area (Å²) < 4.78 is 0. The maximum atomic E-state index is 8.28. The predicted octanol–water partition coefficient (Wildman–Crippen LogP) is 0.596. The third kappa shape index (κ3) is 23.4. The van der Waals surface area contributed by atoms with Crippen LogP contribution in [0.15, 0.2) is 0 Å². The number of aliphatic hydroxyl groups is 2. The minimum Gasteiger partial charge on any atom is -0.396 e. The molecular formula is C6H16O2S2. The molecule has 0 saturated heterocycles. The molecule has 0 aliphatic rings. The Labute approximate surface area is 73.5 Å². The molecule has 0 aromatic heterocycles. The molecule has 10 heavy (non-hydrogen) atoms. The second-order valence-electron chi connectivity index (χ2n) is 1.83. The van der Waals surface area contributed by atoms with Crippen LogP contribution < -0.4 is 0 Å². The summed E-state index contributed by atoms with van der Waals surface area (Å²) in [5.41, 5.74) is 0. The summed E-state index contributed by atoms with van der Waals surface area (Å²) in [4.78, 5) is 0. The van der Waals surface area contributed by atoms with Crippen LogP contribution in [0.1, 0.15) is 13.3 Å². The maximum Gasteiger partial charge on any atom is 0.0599 e. The lowest BCUT2D eigenvalue weighted by molar-refractivity contribution is 0.221. The molecule has 0 aliphatic carbocycles. The lowest BCUT2D eigenvalue weighted by Gasteiger charge is -1.89. The summed E-state index contributed by atoms with van der Waals surface area (Å²) in [6.45, 7) is 1.97. The molecule has 4 heteroatoms. The van der Waals surface area contributed by atoms with E-state index in [-0.39, 0.29) is 12.7 Å². The van der Waals surface area contributed by atoms with Crippen LogP contribution in [0.2, 0.25) is 0 Å². The van der Waals surface area contributed by atoms with Gasteiger partial charge in [0.25, 0.3) is 0 Å². The highest BCUT2D eigenvalue weighted by Gasteiger charge is 1.82. The molecule has 64 valence electrons. The van der Waals surface area contributed by atoms with Crippen LogP contribution in [-0.4, -0.2) is 34.4 Å². The van der Waals surface area contributed by atoms with E-state index in [1.807, 2.05) is 0 Å². The first-order valence-corrected chi connectivity index (χ1v) is 4.46. The zero-order valence-electron chi connectivity index (χ0n) is 6.19. The molecule has 0 rings (SSSR count). The first-order valence-electron chi connectivity index (χ1n) is 3.19. The summed E-state index contributed by atoms with van der Waals surface area (Å²) in [6.07, 6.45) is 0.557. The molecule has 0 fully saturated rings. The third-order valence-electron chi connectivity index (χ3n) is 0.580.